The largest absolute Gasteiger partial charge is 0.319 e. The molecule has 0 atom stereocenters. The molecule has 0 amide bonds. The van der Waals surface area contributed by atoms with Gasteiger partial charge in [0.25, 0.3) is 0 Å². The first kappa shape index (κ1) is 14.7. The van der Waals surface area contributed by atoms with Gasteiger partial charge in [0.05, 0.1) is 0 Å². The van der Waals surface area contributed by atoms with Gasteiger partial charge in [-0.15, -0.1) is 0 Å². The standard InChI is InChI=1S/C17H21FNOP/c1-4-12-6-7-13-16(19-12)15(18)10-14(11(2)3)17(13)21(20)8-5-9-21/h6-7,10-11H,4-5,8-9H2,1-3H3. The van der Waals surface area contributed by atoms with Crippen molar-refractivity contribution in [2.75, 3.05) is 12.3 Å². The molecule has 1 aliphatic heterocycles. The first-order chi connectivity index (χ1) is 9.96. The second kappa shape index (κ2) is 5.21. The molecule has 0 radical (unpaired) electrons. The van der Waals surface area contributed by atoms with Crippen LogP contribution in [-0.4, -0.2) is 17.3 Å². The quantitative estimate of drug-likeness (QED) is 0.784. The number of fused-ring (bicyclic) bond motifs is 1. The van der Waals surface area contributed by atoms with Crippen LogP contribution in [0.15, 0.2) is 18.2 Å². The maximum Gasteiger partial charge on any atom is 0.149 e. The van der Waals surface area contributed by atoms with Crippen molar-refractivity contribution in [3.63, 3.8) is 0 Å². The van der Waals surface area contributed by atoms with Crippen LogP contribution in [0.1, 0.15) is 44.4 Å². The monoisotopic (exact) mass is 305 g/mol. The Morgan fingerprint density at radius 2 is 2.05 bits per heavy atom. The van der Waals surface area contributed by atoms with E-state index in [1.807, 2.05) is 32.9 Å². The summed E-state index contributed by atoms with van der Waals surface area (Å²) in [5, 5.41) is 1.66. The summed E-state index contributed by atoms with van der Waals surface area (Å²) in [4.78, 5) is 4.43. The van der Waals surface area contributed by atoms with Gasteiger partial charge in [0.1, 0.15) is 18.5 Å². The zero-order valence-electron chi connectivity index (χ0n) is 12.8. The third-order valence-corrected chi connectivity index (χ3v) is 7.81. The molecule has 0 N–H and O–H groups in total. The Labute approximate surface area is 125 Å². The van der Waals surface area contributed by atoms with E-state index in [2.05, 4.69) is 4.98 Å². The molecule has 0 bridgehead atoms. The van der Waals surface area contributed by atoms with Gasteiger partial charge >= 0.3 is 0 Å². The minimum absolute atomic E-state index is 0.163. The molecule has 2 aromatic rings. The van der Waals surface area contributed by atoms with Crippen LogP contribution in [-0.2, 0) is 11.0 Å². The van der Waals surface area contributed by atoms with Crippen LogP contribution in [0, 0.1) is 5.82 Å². The Morgan fingerprint density at radius 1 is 1.33 bits per heavy atom. The summed E-state index contributed by atoms with van der Waals surface area (Å²) in [6.45, 7) is 6.07. The number of rotatable bonds is 3. The second-order valence-corrected chi connectivity index (χ2v) is 9.31. The van der Waals surface area contributed by atoms with Crippen LogP contribution < -0.4 is 5.30 Å². The molecule has 2 heterocycles. The molecule has 1 fully saturated rings. The minimum atomic E-state index is -2.33. The van der Waals surface area contributed by atoms with Crippen molar-refractivity contribution in [3.8, 4) is 0 Å². The summed E-state index contributed by atoms with van der Waals surface area (Å²) in [5.74, 6) is -0.129. The van der Waals surface area contributed by atoms with E-state index in [1.165, 1.54) is 0 Å². The minimum Gasteiger partial charge on any atom is -0.319 e. The lowest BCUT2D eigenvalue weighted by atomic mass is 10.00. The SMILES string of the molecule is CCc1ccc2c(P3(=O)CCC3)c(C(C)C)cc(F)c2n1. The van der Waals surface area contributed by atoms with Gasteiger partial charge in [-0.3, -0.25) is 0 Å². The predicted molar refractivity (Wildman–Crippen MR) is 86.8 cm³/mol. The topological polar surface area (TPSA) is 30.0 Å². The van der Waals surface area contributed by atoms with E-state index in [0.717, 1.165) is 47.1 Å². The maximum absolute atomic E-state index is 14.5. The van der Waals surface area contributed by atoms with Crippen LogP contribution in [0.2, 0.25) is 0 Å². The molecule has 1 aromatic heterocycles. The molecule has 21 heavy (non-hydrogen) atoms. The van der Waals surface area contributed by atoms with Crippen LogP contribution in [0.5, 0.6) is 0 Å². The summed E-state index contributed by atoms with van der Waals surface area (Å²) >= 11 is 0. The summed E-state index contributed by atoms with van der Waals surface area (Å²) in [5.41, 5.74) is 2.15. The highest BCUT2D eigenvalue weighted by Gasteiger charge is 2.36. The number of pyridine rings is 1. The zero-order valence-corrected chi connectivity index (χ0v) is 13.7. The molecule has 2 nitrogen and oxygen atoms in total. The van der Waals surface area contributed by atoms with E-state index in [9.17, 15) is 8.96 Å². The normalized spacial score (nSPS) is 17.2. The van der Waals surface area contributed by atoms with E-state index in [-0.39, 0.29) is 11.7 Å². The molecular weight excluding hydrogens is 284 g/mol. The zero-order chi connectivity index (χ0) is 15.2. The second-order valence-electron chi connectivity index (χ2n) is 6.19. The fourth-order valence-corrected chi connectivity index (χ4v) is 5.81. The molecule has 3 rings (SSSR count). The summed E-state index contributed by atoms with van der Waals surface area (Å²) in [7, 11) is -2.33. The fraction of sp³-hybridized carbons (Fsp3) is 0.471. The van der Waals surface area contributed by atoms with E-state index in [4.69, 9.17) is 0 Å². The average molecular weight is 305 g/mol. The number of nitrogens with zero attached hydrogens (tertiary/aromatic N) is 1. The number of halogens is 1. The number of aromatic nitrogens is 1. The molecule has 0 spiro atoms. The Kier molecular flexibility index (Phi) is 3.65. The summed E-state index contributed by atoms with van der Waals surface area (Å²) < 4.78 is 27.6. The average Bonchev–Trinajstić information content (AvgIpc) is 2.44. The van der Waals surface area contributed by atoms with Gasteiger partial charge in [-0.2, -0.15) is 0 Å². The van der Waals surface area contributed by atoms with Gasteiger partial charge in [-0.1, -0.05) is 26.8 Å². The summed E-state index contributed by atoms with van der Waals surface area (Å²) in [6, 6.07) is 5.41. The highest BCUT2D eigenvalue weighted by atomic mass is 31.2. The number of hydrogen-bond acceptors (Lipinski definition) is 2. The fourth-order valence-electron chi connectivity index (χ4n) is 3.06. The predicted octanol–water partition coefficient (Wildman–Crippen LogP) is 4.45. The molecule has 1 saturated heterocycles. The molecule has 0 saturated carbocycles. The number of benzene rings is 1. The van der Waals surface area contributed by atoms with E-state index >= 15 is 0 Å². The highest BCUT2D eigenvalue weighted by Crippen LogP contribution is 2.56. The lowest BCUT2D eigenvalue weighted by Gasteiger charge is -2.31. The van der Waals surface area contributed by atoms with Crippen LogP contribution in [0.25, 0.3) is 10.9 Å². The van der Waals surface area contributed by atoms with Gasteiger partial charge < -0.3 is 4.57 Å². The first-order valence-electron chi connectivity index (χ1n) is 7.67. The Morgan fingerprint density at radius 3 is 2.57 bits per heavy atom. The van der Waals surface area contributed by atoms with Crippen LogP contribution in [0.4, 0.5) is 4.39 Å². The van der Waals surface area contributed by atoms with Gasteiger partial charge in [-0.05, 0) is 36.5 Å². The van der Waals surface area contributed by atoms with Crippen molar-refractivity contribution >= 4 is 23.3 Å². The molecule has 0 aliphatic carbocycles. The Hall–Kier alpha value is -1.21. The lowest BCUT2D eigenvalue weighted by Crippen LogP contribution is -2.25. The third kappa shape index (κ3) is 2.32. The highest BCUT2D eigenvalue weighted by molar-refractivity contribution is 7.73. The number of hydrogen-bond donors (Lipinski definition) is 0. The molecule has 112 valence electrons. The Bertz CT molecular complexity index is 746. The van der Waals surface area contributed by atoms with Crippen molar-refractivity contribution in [1.29, 1.82) is 0 Å². The van der Waals surface area contributed by atoms with Crippen LogP contribution in [0.3, 0.4) is 0 Å². The van der Waals surface area contributed by atoms with E-state index in [1.54, 1.807) is 6.07 Å². The van der Waals surface area contributed by atoms with Crippen molar-refractivity contribution in [2.24, 2.45) is 0 Å². The van der Waals surface area contributed by atoms with E-state index < -0.39 is 7.14 Å². The molecule has 4 heteroatoms. The van der Waals surface area contributed by atoms with Crippen molar-refractivity contribution in [3.05, 3.63) is 35.3 Å². The van der Waals surface area contributed by atoms with Gasteiger partial charge in [0, 0.05) is 28.7 Å². The summed E-state index contributed by atoms with van der Waals surface area (Å²) in [6.07, 6.45) is 3.29. The molecule has 1 aliphatic rings. The van der Waals surface area contributed by atoms with Crippen LogP contribution >= 0.6 is 7.14 Å². The van der Waals surface area contributed by atoms with Crippen molar-refractivity contribution in [2.45, 2.75) is 39.5 Å². The van der Waals surface area contributed by atoms with Crippen molar-refractivity contribution < 1.29 is 8.96 Å². The van der Waals surface area contributed by atoms with Gasteiger partial charge in [0.15, 0.2) is 0 Å². The molecular formula is C17H21FNOP. The maximum atomic E-state index is 14.5. The third-order valence-electron chi connectivity index (χ3n) is 4.42. The van der Waals surface area contributed by atoms with Gasteiger partial charge in [-0.25, -0.2) is 9.37 Å². The lowest BCUT2D eigenvalue weighted by molar-refractivity contribution is 0.569. The first-order valence-corrected chi connectivity index (χ1v) is 9.74. The van der Waals surface area contributed by atoms with Crippen molar-refractivity contribution in [1.82, 2.24) is 4.98 Å². The van der Waals surface area contributed by atoms with E-state index in [0.29, 0.717) is 5.52 Å². The Balaban J connectivity index is 2.38. The smallest absolute Gasteiger partial charge is 0.149 e. The molecule has 1 aromatic carbocycles. The number of aryl methyl sites for hydroxylation is 1. The molecule has 0 unspecified atom stereocenters. The van der Waals surface area contributed by atoms with Gasteiger partial charge in [0.2, 0.25) is 0 Å².